The Bertz CT molecular complexity index is 766. The third kappa shape index (κ3) is 3.94. The molecule has 26 heavy (non-hydrogen) atoms. The third-order valence-corrected chi connectivity index (χ3v) is 4.65. The van der Waals surface area contributed by atoms with Crippen molar-refractivity contribution in [1.82, 2.24) is 20.4 Å². The first kappa shape index (κ1) is 18.1. The average Bonchev–Trinajstić information content (AvgIpc) is 3.35. The number of rotatable bonds is 6. The number of carbonyl (C=O) groups is 2. The summed E-state index contributed by atoms with van der Waals surface area (Å²) in [6.07, 6.45) is 0.948. The predicted molar refractivity (Wildman–Crippen MR) is 97.1 cm³/mol. The zero-order valence-electron chi connectivity index (χ0n) is 15.1. The standard InChI is InChI=1S/C19H24N4O3/c1-13(15-6-4-3-5-7-15)23-17(10-16(22-23)18(24)20-2)19(25)21-11-14-8-9-26-12-14/h3-7,10,13-14H,8-9,11-12H2,1-2H3,(H,20,24)(H,21,25). The van der Waals surface area contributed by atoms with Gasteiger partial charge in [-0.1, -0.05) is 30.3 Å². The van der Waals surface area contributed by atoms with E-state index in [-0.39, 0.29) is 23.6 Å². The van der Waals surface area contributed by atoms with Crippen molar-refractivity contribution in [2.75, 3.05) is 26.8 Å². The fraction of sp³-hybridized carbons (Fsp3) is 0.421. The van der Waals surface area contributed by atoms with Gasteiger partial charge in [0.05, 0.1) is 12.6 Å². The van der Waals surface area contributed by atoms with E-state index in [0.717, 1.165) is 18.6 Å². The predicted octanol–water partition coefficient (Wildman–Crippen LogP) is 1.62. The van der Waals surface area contributed by atoms with Crippen LogP contribution in [0.15, 0.2) is 36.4 Å². The number of hydrogen-bond donors (Lipinski definition) is 2. The lowest BCUT2D eigenvalue weighted by Crippen LogP contribution is -2.31. The molecule has 2 atom stereocenters. The summed E-state index contributed by atoms with van der Waals surface area (Å²) < 4.78 is 6.95. The first-order valence-electron chi connectivity index (χ1n) is 8.82. The highest BCUT2D eigenvalue weighted by Gasteiger charge is 2.24. The zero-order valence-corrected chi connectivity index (χ0v) is 15.1. The van der Waals surface area contributed by atoms with E-state index < -0.39 is 0 Å². The average molecular weight is 356 g/mol. The fourth-order valence-corrected chi connectivity index (χ4v) is 3.04. The molecular formula is C19H24N4O3. The van der Waals surface area contributed by atoms with Crippen LogP contribution in [0.25, 0.3) is 0 Å². The molecule has 0 spiro atoms. The SMILES string of the molecule is CNC(=O)c1cc(C(=O)NCC2CCOC2)n(C(C)c2ccccc2)n1. The highest BCUT2D eigenvalue weighted by atomic mass is 16.5. The van der Waals surface area contributed by atoms with Gasteiger partial charge in [0.1, 0.15) is 5.69 Å². The van der Waals surface area contributed by atoms with Crippen LogP contribution >= 0.6 is 0 Å². The van der Waals surface area contributed by atoms with Crippen LogP contribution in [0.4, 0.5) is 0 Å². The summed E-state index contributed by atoms with van der Waals surface area (Å²) in [5.41, 5.74) is 1.61. The van der Waals surface area contributed by atoms with Crippen LogP contribution in [-0.4, -0.2) is 48.4 Å². The molecule has 7 nitrogen and oxygen atoms in total. The van der Waals surface area contributed by atoms with Crippen molar-refractivity contribution in [3.05, 3.63) is 53.3 Å². The number of nitrogens with zero attached hydrogens (tertiary/aromatic N) is 2. The molecule has 7 heteroatoms. The lowest BCUT2D eigenvalue weighted by atomic mass is 10.1. The van der Waals surface area contributed by atoms with Gasteiger partial charge in [-0.05, 0) is 18.9 Å². The minimum atomic E-state index is -0.317. The highest BCUT2D eigenvalue weighted by Crippen LogP contribution is 2.20. The number of amides is 2. The van der Waals surface area contributed by atoms with Gasteiger partial charge in [-0.15, -0.1) is 0 Å². The molecule has 1 saturated heterocycles. The molecule has 138 valence electrons. The molecule has 1 aliphatic rings. The van der Waals surface area contributed by atoms with Gasteiger partial charge in [0.2, 0.25) is 0 Å². The fourth-order valence-electron chi connectivity index (χ4n) is 3.04. The van der Waals surface area contributed by atoms with Crippen LogP contribution in [-0.2, 0) is 4.74 Å². The Morgan fingerprint density at radius 3 is 2.73 bits per heavy atom. The second-order valence-corrected chi connectivity index (χ2v) is 6.46. The van der Waals surface area contributed by atoms with Crippen LogP contribution in [0.5, 0.6) is 0 Å². The molecule has 1 fully saturated rings. The van der Waals surface area contributed by atoms with E-state index in [4.69, 9.17) is 4.74 Å². The number of carbonyl (C=O) groups excluding carboxylic acids is 2. The molecule has 2 N–H and O–H groups in total. The first-order valence-corrected chi connectivity index (χ1v) is 8.82. The summed E-state index contributed by atoms with van der Waals surface area (Å²) in [4.78, 5) is 24.7. The van der Waals surface area contributed by atoms with Gasteiger partial charge in [-0.2, -0.15) is 5.10 Å². The Hall–Kier alpha value is -2.67. The highest BCUT2D eigenvalue weighted by molar-refractivity contribution is 5.97. The molecule has 1 aromatic carbocycles. The molecule has 2 amide bonds. The van der Waals surface area contributed by atoms with Gasteiger partial charge in [-0.3, -0.25) is 14.3 Å². The van der Waals surface area contributed by atoms with Gasteiger partial charge in [-0.25, -0.2) is 0 Å². The Labute approximate surface area is 152 Å². The van der Waals surface area contributed by atoms with Crippen molar-refractivity contribution in [1.29, 1.82) is 0 Å². The number of aromatic nitrogens is 2. The molecular weight excluding hydrogens is 332 g/mol. The van der Waals surface area contributed by atoms with Crippen LogP contribution in [0.2, 0.25) is 0 Å². The van der Waals surface area contributed by atoms with Crippen LogP contribution in [0.1, 0.15) is 45.9 Å². The monoisotopic (exact) mass is 356 g/mol. The van der Waals surface area contributed by atoms with Crippen molar-refractivity contribution in [3.8, 4) is 0 Å². The summed E-state index contributed by atoms with van der Waals surface area (Å²) in [6, 6.07) is 11.1. The lowest BCUT2D eigenvalue weighted by molar-refractivity contribution is 0.0930. The van der Waals surface area contributed by atoms with Crippen LogP contribution < -0.4 is 10.6 Å². The first-order chi connectivity index (χ1) is 12.6. The van der Waals surface area contributed by atoms with Gasteiger partial charge in [0, 0.05) is 32.2 Å². The number of hydrogen-bond acceptors (Lipinski definition) is 4. The Morgan fingerprint density at radius 1 is 1.31 bits per heavy atom. The van der Waals surface area contributed by atoms with Gasteiger partial charge in [0.25, 0.3) is 11.8 Å². The third-order valence-electron chi connectivity index (χ3n) is 4.65. The van der Waals surface area contributed by atoms with E-state index in [9.17, 15) is 9.59 Å². The quantitative estimate of drug-likeness (QED) is 0.824. The van der Waals surface area contributed by atoms with E-state index in [1.807, 2.05) is 37.3 Å². The second kappa shape index (κ2) is 8.14. The molecule has 0 radical (unpaired) electrons. The number of benzene rings is 1. The molecule has 2 aromatic rings. The lowest BCUT2D eigenvalue weighted by Gasteiger charge is -2.16. The maximum atomic E-state index is 12.7. The minimum Gasteiger partial charge on any atom is -0.381 e. The molecule has 3 rings (SSSR count). The van der Waals surface area contributed by atoms with Crippen molar-refractivity contribution >= 4 is 11.8 Å². The van der Waals surface area contributed by atoms with E-state index in [1.54, 1.807) is 17.8 Å². The van der Waals surface area contributed by atoms with E-state index >= 15 is 0 Å². The van der Waals surface area contributed by atoms with Crippen LogP contribution in [0.3, 0.4) is 0 Å². The van der Waals surface area contributed by atoms with Gasteiger partial charge >= 0.3 is 0 Å². The van der Waals surface area contributed by atoms with Crippen molar-refractivity contribution < 1.29 is 14.3 Å². The summed E-state index contributed by atoms with van der Waals surface area (Å²) in [7, 11) is 1.54. The zero-order chi connectivity index (χ0) is 18.5. The molecule has 2 unspecified atom stereocenters. The van der Waals surface area contributed by atoms with E-state index in [1.165, 1.54) is 0 Å². The van der Waals surface area contributed by atoms with Gasteiger partial charge in [0.15, 0.2) is 5.69 Å². The van der Waals surface area contributed by atoms with Gasteiger partial charge < -0.3 is 15.4 Å². The minimum absolute atomic E-state index is 0.176. The Balaban J connectivity index is 1.85. The Kier molecular flexibility index (Phi) is 5.68. The molecule has 2 heterocycles. The summed E-state index contributed by atoms with van der Waals surface area (Å²) >= 11 is 0. The molecule has 1 aromatic heterocycles. The summed E-state index contributed by atoms with van der Waals surface area (Å²) in [5, 5.41) is 9.88. The van der Waals surface area contributed by atoms with Crippen molar-refractivity contribution in [3.63, 3.8) is 0 Å². The molecule has 0 saturated carbocycles. The van der Waals surface area contributed by atoms with E-state index in [2.05, 4.69) is 15.7 Å². The smallest absolute Gasteiger partial charge is 0.271 e. The normalized spacial score (nSPS) is 17.7. The second-order valence-electron chi connectivity index (χ2n) is 6.46. The van der Waals surface area contributed by atoms with E-state index in [0.29, 0.717) is 24.8 Å². The van der Waals surface area contributed by atoms with Crippen molar-refractivity contribution in [2.24, 2.45) is 5.92 Å². The number of ether oxygens (including phenoxy) is 1. The Morgan fingerprint density at radius 2 is 2.08 bits per heavy atom. The topological polar surface area (TPSA) is 85.3 Å². The summed E-state index contributed by atoms with van der Waals surface area (Å²) in [5.74, 6) is -0.218. The maximum absolute atomic E-state index is 12.7. The summed E-state index contributed by atoms with van der Waals surface area (Å²) in [6.45, 7) is 3.92. The molecule has 0 aliphatic carbocycles. The number of nitrogens with one attached hydrogen (secondary N) is 2. The largest absolute Gasteiger partial charge is 0.381 e. The van der Waals surface area contributed by atoms with Crippen molar-refractivity contribution in [2.45, 2.75) is 19.4 Å². The van der Waals surface area contributed by atoms with Crippen LogP contribution in [0, 0.1) is 5.92 Å². The molecule has 1 aliphatic heterocycles. The maximum Gasteiger partial charge on any atom is 0.271 e. The molecule has 0 bridgehead atoms.